The summed E-state index contributed by atoms with van der Waals surface area (Å²) in [5.74, 6) is 1.27. The Morgan fingerprint density at radius 3 is 2.42 bits per heavy atom. The third-order valence-corrected chi connectivity index (χ3v) is 5.98. The molecule has 0 spiro atoms. The average Bonchev–Trinajstić information content (AvgIpc) is 2.99. The summed E-state index contributed by atoms with van der Waals surface area (Å²) in [6.07, 6.45) is 0.692. The summed E-state index contributed by atoms with van der Waals surface area (Å²) in [4.78, 5) is 2.23. The van der Waals surface area contributed by atoms with E-state index in [0.29, 0.717) is 31.3 Å². The first-order chi connectivity index (χ1) is 11.5. The highest BCUT2D eigenvalue weighted by molar-refractivity contribution is 7.88. The molecule has 0 saturated carbocycles. The first-order valence-corrected chi connectivity index (χ1v) is 9.67. The Kier molecular flexibility index (Phi) is 5.27. The van der Waals surface area contributed by atoms with E-state index < -0.39 is 10.0 Å². The maximum Gasteiger partial charge on any atom is 0.218 e. The van der Waals surface area contributed by atoms with E-state index in [2.05, 4.69) is 15.1 Å². The van der Waals surface area contributed by atoms with E-state index in [-0.39, 0.29) is 5.75 Å². The number of aromatic nitrogens is 2. The van der Waals surface area contributed by atoms with Crippen molar-refractivity contribution in [2.75, 3.05) is 32.7 Å². The van der Waals surface area contributed by atoms with Crippen molar-refractivity contribution in [1.29, 1.82) is 0 Å². The largest absolute Gasteiger partial charge is 0.426 e. The van der Waals surface area contributed by atoms with Crippen LogP contribution in [0, 0.1) is 6.92 Å². The van der Waals surface area contributed by atoms with Crippen molar-refractivity contribution in [2.45, 2.75) is 19.1 Å². The molecule has 1 aliphatic heterocycles. The van der Waals surface area contributed by atoms with Crippen LogP contribution in [0.25, 0.3) is 0 Å². The van der Waals surface area contributed by atoms with Gasteiger partial charge in [0.2, 0.25) is 21.8 Å². The molecule has 0 atom stereocenters. The minimum Gasteiger partial charge on any atom is -0.426 e. The molecule has 0 aliphatic carbocycles. The van der Waals surface area contributed by atoms with Gasteiger partial charge < -0.3 is 9.32 Å². The van der Waals surface area contributed by atoms with E-state index >= 15 is 0 Å². The summed E-state index contributed by atoms with van der Waals surface area (Å²) < 4.78 is 32.0. The standard InChI is InChI=1S/C16H22N4O3S/c1-14-17-18-16(23-14)7-8-19-9-11-20(12-10-19)24(21,22)13-15-5-3-2-4-6-15/h2-6H,7-13H2,1H3. The van der Waals surface area contributed by atoms with E-state index in [1.807, 2.05) is 30.3 Å². The third kappa shape index (κ3) is 4.40. The van der Waals surface area contributed by atoms with Crippen molar-refractivity contribution in [3.63, 3.8) is 0 Å². The van der Waals surface area contributed by atoms with Gasteiger partial charge in [0.25, 0.3) is 0 Å². The maximum absolute atomic E-state index is 12.5. The number of rotatable bonds is 6. The predicted molar refractivity (Wildman–Crippen MR) is 89.8 cm³/mol. The van der Waals surface area contributed by atoms with Crippen LogP contribution in [0.3, 0.4) is 0 Å². The van der Waals surface area contributed by atoms with Gasteiger partial charge >= 0.3 is 0 Å². The molecule has 2 heterocycles. The quantitative estimate of drug-likeness (QED) is 0.775. The zero-order valence-corrected chi connectivity index (χ0v) is 14.6. The van der Waals surface area contributed by atoms with Gasteiger partial charge in [0.15, 0.2) is 0 Å². The summed E-state index contributed by atoms with van der Waals surface area (Å²) in [5.41, 5.74) is 0.826. The molecule has 1 fully saturated rings. The van der Waals surface area contributed by atoms with E-state index in [1.165, 1.54) is 0 Å². The molecule has 0 N–H and O–H groups in total. The Morgan fingerprint density at radius 1 is 1.08 bits per heavy atom. The highest BCUT2D eigenvalue weighted by atomic mass is 32.2. The van der Waals surface area contributed by atoms with Crippen LogP contribution in [-0.4, -0.2) is 60.5 Å². The Labute approximate surface area is 142 Å². The topological polar surface area (TPSA) is 79.5 Å². The minimum atomic E-state index is -3.26. The molecule has 1 aromatic carbocycles. The second kappa shape index (κ2) is 7.42. The van der Waals surface area contributed by atoms with Crippen LogP contribution in [0.4, 0.5) is 0 Å². The molecule has 0 radical (unpaired) electrons. The van der Waals surface area contributed by atoms with Crippen LogP contribution >= 0.6 is 0 Å². The highest BCUT2D eigenvalue weighted by Gasteiger charge is 2.27. The number of sulfonamides is 1. The van der Waals surface area contributed by atoms with Crippen LogP contribution < -0.4 is 0 Å². The van der Waals surface area contributed by atoms with Crippen LogP contribution in [0.15, 0.2) is 34.7 Å². The van der Waals surface area contributed by atoms with Crippen molar-refractivity contribution in [2.24, 2.45) is 0 Å². The van der Waals surface area contributed by atoms with E-state index in [0.717, 1.165) is 25.2 Å². The van der Waals surface area contributed by atoms with E-state index in [4.69, 9.17) is 4.42 Å². The molecule has 7 nitrogen and oxygen atoms in total. The summed E-state index contributed by atoms with van der Waals surface area (Å²) in [6.45, 7) is 5.07. The highest BCUT2D eigenvalue weighted by Crippen LogP contribution is 2.14. The van der Waals surface area contributed by atoms with Crippen LogP contribution in [0.2, 0.25) is 0 Å². The lowest BCUT2D eigenvalue weighted by molar-refractivity contribution is 0.186. The fraction of sp³-hybridized carbons (Fsp3) is 0.500. The van der Waals surface area contributed by atoms with Crippen LogP contribution in [0.5, 0.6) is 0 Å². The van der Waals surface area contributed by atoms with Gasteiger partial charge in [0.1, 0.15) is 0 Å². The summed E-state index contributed by atoms with van der Waals surface area (Å²) in [7, 11) is -3.26. The maximum atomic E-state index is 12.5. The normalized spacial score (nSPS) is 17.2. The molecule has 1 saturated heterocycles. The zero-order valence-electron chi connectivity index (χ0n) is 13.8. The van der Waals surface area contributed by atoms with Gasteiger partial charge in [-0.15, -0.1) is 10.2 Å². The Hall–Kier alpha value is -1.77. The van der Waals surface area contributed by atoms with Gasteiger partial charge in [0, 0.05) is 46.1 Å². The second-order valence-corrected chi connectivity index (χ2v) is 7.92. The molecule has 0 unspecified atom stereocenters. The lowest BCUT2D eigenvalue weighted by Gasteiger charge is -2.33. The average molecular weight is 350 g/mol. The predicted octanol–water partition coefficient (Wildman–Crippen LogP) is 1.07. The lowest BCUT2D eigenvalue weighted by Crippen LogP contribution is -2.49. The first-order valence-electron chi connectivity index (χ1n) is 8.06. The molecule has 8 heteroatoms. The first kappa shape index (κ1) is 17.1. The summed E-state index contributed by atoms with van der Waals surface area (Å²) in [5, 5.41) is 7.79. The summed E-state index contributed by atoms with van der Waals surface area (Å²) in [6, 6.07) is 9.31. The number of hydrogen-bond acceptors (Lipinski definition) is 6. The SMILES string of the molecule is Cc1nnc(CCN2CCN(S(=O)(=O)Cc3ccccc3)CC2)o1. The van der Waals surface area contributed by atoms with Crippen molar-refractivity contribution in [1.82, 2.24) is 19.4 Å². The van der Waals surface area contributed by atoms with Gasteiger partial charge in [-0.1, -0.05) is 30.3 Å². The Balaban J connectivity index is 1.49. The van der Waals surface area contributed by atoms with E-state index in [9.17, 15) is 8.42 Å². The van der Waals surface area contributed by atoms with Gasteiger partial charge in [-0.3, -0.25) is 0 Å². The Bertz CT molecular complexity index is 753. The van der Waals surface area contributed by atoms with Crippen molar-refractivity contribution >= 4 is 10.0 Å². The van der Waals surface area contributed by atoms with Crippen molar-refractivity contribution in [3.8, 4) is 0 Å². The fourth-order valence-electron chi connectivity index (χ4n) is 2.80. The molecular weight excluding hydrogens is 328 g/mol. The fourth-order valence-corrected chi connectivity index (χ4v) is 4.32. The zero-order chi connectivity index (χ0) is 17.0. The molecule has 0 bridgehead atoms. The van der Waals surface area contributed by atoms with Gasteiger partial charge in [0.05, 0.1) is 5.75 Å². The van der Waals surface area contributed by atoms with Crippen LogP contribution in [0.1, 0.15) is 17.3 Å². The molecule has 1 aromatic heterocycles. The van der Waals surface area contributed by atoms with E-state index in [1.54, 1.807) is 11.2 Å². The van der Waals surface area contributed by atoms with Gasteiger partial charge in [-0.2, -0.15) is 4.31 Å². The molecule has 2 aromatic rings. The van der Waals surface area contributed by atoms with Crippen LogP contribution in [-0.2, 0) is 22.2 Å². The molecule has 3 rings (SSSR count). The number of aryl methyl sites for hydroxylation is 1. The van der Waals surface area contributed by atoms with Crippen molar-refractivity contribution in [3.05, 3.63) is 47.7 Å². The number of benzene rings is 1. The number of piperazine rings is 1. The molecule has 24 heavy (non-hydrogen) atoms. The molecule has 130 valence electrons. The minimum absolute atomic E-state index is 0.0646. The van der Waals surface area contributed by atoms with Crippen molar-refractivity contribution < 1.29 is 12.8 Å². The summed E-state index contributed by atoms with van der Waals surface area (Å²) >= 11 is 0. The molecule has 1 aliphatic rings. The number of hydrogen-bond donors (Lipinski definition) is 0. The van der Waals surface area contributed by atoms with Gasteiger partial charge in [-0.25, -0.2) is 8.42 Å². The monoisotopic (exact) mass is 350 g/mol. The third-order valence-electron chi connectivity index (χ3n) is 4.13. The number of nitrogens with zero attached hydrogens (tertiary/aromatic N) is 4. The molecular formula is C16H22N4O3S. The second-order valence-electron chi connectivity index (χ2n) is 5.95. The lowest BCUT2D eigenvalue weighted by atomic mass is 10.2. The molecule has 0 amide bonds. The Morgan fingerprint density at radius 2 is 1.79 bits per heavy atom. The van der Waals surface area contributed by atoms with Gasteiger partial charge in [-0.05, 0) is 5.56 Å². The smallest absolute Gasteiger partial charge is 0.218 e.